The highest BCUT2D eigenvalue weighted by molar-refractivity contribution is 7.89. The van der Waals surface area contributed by atoms with Crippen LogP contribution in [0.1, 0.15) is 18.4 Å². The van der Waals surface area contributed by atoms with E-state index in [1.165, 1.54) is 7.05 Å². The number of nitrogens with one attached hydrogen (secondary N) is 2. The van der Waals surface area contributed by atoms with E-state index in [2.05, 4.69) is 10.0 Å². The fraction of sp³-hybridized carbons (Fsp3) is 0.467. The van der Waals surface area contributed by atoms with Gasteiger partial charge < -0.3 is 10.2 Å². The Balaban J connectivity index is 1.94. The zero-order valence-electron chi connectivity index (χ0n) is 13.0. The smallest absolute Gasteiger partial charge is 0.242 e. The molecule has 7 nitrogen and oxygen atoms in total. The summed E-state index contributed by atoms with van der Waals surface area (Å²) < 4.78 is 24.9. The van der Waals surface area contributed by atoms with E-state index in [1.807, 2.05) is 30.3 Å². The Kier molecular flexibility index (Phi) is 5.73. The first-order valence-electron chi connectivity index (χ1n) is 7.45. The lowest BCUT2D eigenvalue weighted by Crippen LogP contribution is -2.45. The second-order valence-corrected chi connectivity index (χ2v) is 7.42. The molecule has 2 rings (SSSR count). The topological polar surface area (TPSA) is 95.6 Å². The fourth-order valence-corrected chi connectivity index (χ4v) is 3.09. The van der Waals surface area contributed by atoms with Crippen molar-refractivity contribution in [2.24, 2.45) is 0 Å². The summed E-state index contributed by atoms with van der Waals surface area (Å²) in [5.41, 5.74) is 0.957. The maximum atomic E-state index is 12.2. The van der Waals surface area contributed by atoms with Crippen molar-refractivity contribution in [1.82, 2.24) is 14.9 Å². The summed E-state index contributed by atoms with van der Waals surface area (Å²) in [6.07, 6.45) is 0.788. The summed E-state index contributed by atoms with van der Waals surface area (Å²) in [4.78, 5) is 25.8. The Hall–Kier alpha value is -1.93. The standard InChI is InChI=1S/C15H21N3O4S/c1-16-23(21,22)10-9-17-15(20)13-7-8-14(19)18(13)11-12-5-3-2-4-6-12/h2-6,13,16H,7-11H2,1H3,(H,17,20). The van der Waals surface area contributed by atoms with Crippen molar-refractivity contribution in [1.29, 1.82) is 0 Å². The molecular formula is C15H21N3O4S. The predicted octanol–water partition coefficient (Wildman–Crippen LogP) is -0.157. The summed E-state index contributed by atoms with van der Waals surface area (Å²) in [5, 5.41) is 2.60. The monoisotopic (exact) mass is 339 g/mol. The van der Waals surface area contributed by atoms with Crippen LogP contribution in [0.5, 0.6) is 0 Å². The van der Waals surface area contributed by atoms with Gasteiger partial charge in [-0.15, -0.1) is 0 Å². The Morgan fingerprint density at radius 2 is 2.00 bits per heavy atom. The number of sulfonamides is 1. The van der Waals surface area contributed by atoms with Gasteiger partial charge in [0, 0.05) is 19.5 Å². The van der Waals surface area contributed by atoms with Crippen LogP contribution in [0.3, 0.4) is 0 Å². The van der Waals surface area contributed by atoms with Gasteiger partial charge in [0.1, 0.15) is 6.04 Å². The molecule has 0 aromatic heterocycles. The van der Waals surface area contributed by atoms with Gasteiger partial charge in [0.2, 0.25) is 21.8 Å². The lowest BCUT2D eigenvalue weighted by Gasteiger charge is -2.24. The molecule has 1 aliphatic rings. The third-order valence-corrected chi connectivity index (χ3v) is 5.17. The van der Waals surface area contributed by atoms with Gasteiger partial charge in [0.15, 0.2) is 0 Å². The van der Waals surface area contributed by atoms with Crippen LogP contribution in [0, 0.1) is 0 Å². The maximum Gasteiger partial charge on any atom is 0.242 e. The minimum atomic E-state index is -3.36. The minimum Gasteiger partial charge on any atom is -0.353 e. The second kappa shape index (κ2) is 7.56. The zero-order valence-corrected chi connectivity index (χ0v) is 13.8. The molecule has 0 saturated carbocycles. The Morgan fingerprint density at radius 1 is 1.30 bits per heavy atom. The van der Waals surface area contributed by atoms with Crippen LogP contribution in [-0.4, -0.2) is 50.5 Å². The summed E-state index contributed by atoms with van der Waals surface area (Å²) in [6, 6.07) is 8.92. The van der Waals surface area contributed by atoms with Crippen molar-refractivity contribution in [3.05, 3.63) is 35.9 Å². The average molecular weight is 339 g/mol. The molecule has 2 amide bonds. The first kappa shape index (κ1) is 17.4. The van der Waals surface area contributed by atoms with Gasteiger partial charge in [-0.05, 0) is 19.0 Å². The Morgan fingerprint density at radius 3 is 2.65 bits per heavy atom. The Bertz CT molecular complexity index is 661. The van der Waals surface area contributed by atoms with Crippen LogP contribution in [0.15, 0.2) is 30.3 Å². The molecule has 2 N–H and O–H groups in total. The molecule has 126 valence electrons. The van der Waals surface area contributed by atoms with E-state index >= 15 is 0 Å². The van der Waals surface area contributed by atoms with Crippen molar-refractivity contribution < 1.29 is 18.0 Å². The van der Waals surface area contributed by atoms with Crippen LogP contribution in [0.25, 0.3) is 0 Å². The molecule has 1 aromatic rings. The lowest BCUT2D eigenvalue weighted by atomic mass is 10.1. The van der Waals surface area contributed by atoms with Crippen LogP contribution in [-0.2, 0) is 26.2 Å². The Labute approximate surface area is 136 Å². The molecule has 1 atom stereocenters. The third kappa shape index (κ3) is 4.77. The number of benzene rings is 1. The molecule has 1 heterocycles. The summed E-state index contributed by atoms with van der Waals surface area (Å²) in [5.74, 6) is -0.552. The summed E-state index contributed by atoms with van der Waals surface area (Å²) >= 11 is 0. The molecule has 1 fully saturated rings. The molecule has 0 aliphatic carbocycles. The number of carbonyl (C=O) groups excluding carboxylic acids is 2. The SMILES string of the molecule is CNS(=O)(=O)CCNC(=O)C1CCC(=O)N1Cc1ccccc1. The predicted molar refractivity (Wildman–Crippen MR) is 85.9 cm³/mol. The van der Waals surface area contributed by atoms with Gasteiger partial charge in [-0.1, -0.05) is 30.3 Å². The minimum absolute atomic E-state index is 0.0197. The lowest BCUT2D eigenvalue weighted by molar-refractivity contribution is -0.135. The molecule has 1 aromatic carbocycles. The highest BCUT2D eigenvalue weighted by Gasteiger charge is 2.35. The van der Waals surface area contributed by atoms with Gasteiger partial charge >= 0.3 is 0 Å². The van der Waals surface area contributed by atoms with E-state index in [0.29, 0.717) is 19.4 Å². The van der Waals surface area contributed by atoms with Gasteiger partial charge in [-0.2, -0.15) is 0 Å². The molecule has 0 spiro atoms. The third-order valence-electron chi connectivity index (χ3n) is 3.81. The van der Waals surface area contributed by atoms with Crippen molar-refractivity contribution in [3.63, 3.8) is 0 Å². The van der Waals surface area contributed by atoms with Crippen LogP contribution >= 0.6 is 0 Å². The van der Waals surface area contributed by atoms with Crippen LogP contribution in [0.2, 0.25) is 0 Å². The molecule has 8 heteroatoms. The van der Waals surface area contributed by atoms with Gasteiger partial charge in [-0.3, -0.25) is 9.59 Å². The number of rotatable bonds is 7. The van der Waals surface area contributed by atoms with Crippen molar-refractivity contribution >= 4 is 21.8 Å². The van der Waals surface area contributed by atoms with Crippen molar-refractivity contribution in [2.75, 3.05) is 19.3 Å². The normalized spacial score (nSPS) is 18.2. The number of nitrogens with zero attached hydrogens (tertiary/aromatic N) is 1. The van der Waals surface area contributed by atoms with E-state index in [1.54, 1.807) is 4.90 Å². The first-order valence-corrected chi connectivity index (χ1v) is 9.10. The van der Waals surface area contributed by atoms with Gasteiger partial charge in [-0.25, -0.2) is 13.1 Å². The molecule has 23 heavy (non-hydrogen) atoms. The highest BCUT2D eigenvalue weighted by Crippen LogP contribution is 2.21. The zero-order chi connectivity index (χ0) is 16.9. The van der Waals surface area contributed by atoms with Gasteiger partial charge in [0.05, 0.1) is 5.75 Å². The fourth-order valence-electron chi connectivity index (χ4n) is 2.51. The molecule has 1 saturated heterocycles. The summed E-state index contributed by atoms with van der Waals surface area (Å²) in [7, 11) is -2.03. The van der Waals surface area contributed by atoms with Crippen molar-refractivity contribution in [2.45, 2.75) is 25.4 Å². The van der Waals surface area contributed by atoms with E-state index in [9.17, 15) is 18.0 Å². The van der Waals surface area contributed by atoms with Crippen LogP contribution < -0.4 is 10.0 Å². The van der Waals surface area contributed by atoms with E-state index in [-0.39, 0.29) is 24.1 Å². The van der Waals surface area contributed by atoms with E-state index in [4.69, 9.17) is 0 Å². The quantitative estimate of drug-likeness (QED) is 0.722. The summed E-state index contributed by atoms with van der Waals surface area (Å²) in [6.45, 7) is 0.401. The molecule has 0 radical (unpaired) electrons. The molecule has 0 bridgehead atoms. The van der Waals surface area contributed by atoms with Gasteiger partial charge in [0.25, 0.3) is 0 Å². The second-order valence-electron chi connectivity index (χ2n) is 5.38. The molecule has 1 aliphatic heterocycles. The molecule has 1 unspecified atom stereocenters. The van der Waals surface area contributed by atoms with E-state index < -0.39 is 16.1 Å². The van der Waals surface area contributed by atoms with E-state index in [0.717, 1.165) is 5.56 Å². The number of likely N-dealkylation sites (tertiary alicyclic amines) is 1. The maximum absolute atomic E-state index is 12.2. The first-order chi connectivity index (χ1) is 10.9. The number of carbonyl (C=O) groups is 2. The number of amides is 2. The number of hydrogen-bond donors (Lipinski definition) is 2. The molecular weight excluding hydrogens is 318 g/mol. The largest absolute Gasteiger partial charge is 0.353 e. The van der Waals surface area contributed by atoms with Crippen molar-refractivity contribution in [3.8, 4) is 0 Å². The van der Waals surface area contributed by atoms with Crippen LogP contribution in [0.4, 0.5) is 0 Å². The highest BCUT2D eigenvalue weighted by atomic mass is 32.2. The number of hydrogen-bond acceptors (Lipinski definition) is 4. The average Bonchev–Trinajstić information content (AvgIpc) is 2.89.